The van der Waals surface area contributed by atoms with Crippen LogP contribution in [0, 0.1) is 0 Å². The van der Waals surface area contributed by atoms with Crippen LogP contribution >= 0.6 is 11.6 Å². The molecule has 1 aromatic heterocycles. The maximum atomic E-state index is 5.78. The highest BCUT2D eigenvalue weighted by Gasteiger charge is 2.04. The van der Waals surface area contributed by atoms with E-state index in [1.807, 2.05) is 0 Å². The molecule has 0 atom stereocenters. The molecule has 1 rings (SSSR count). The number of nitrogen functional groups attached to an aromatic ring is 1. The van der Waals surface area contributed by atoms with Crippen LogP contribution in [0.1, 0.15) is 31.9 Å². The highest BCUT2D eigenvalue weighted by atomic mass is 35.5. The van der Waals surface area contributed by atoms with Crippen molar-refractivity contribution in [2.45, 2.75) is 32.6 Å². The molecule has 72 valence electrons. The molecule has 0 aromatic carbocycles. The number of anilines is 1. The fraction of sp³-hybridized carbons (Fsp3) is 0.625. The van der Waals surface area contributed by atoms with Gasteiger partial charge in [0.15, 0.2) is 5.15 Å². The molecule has 0 aliphatic carbocycles. The van der Waals surface area contributed by atoms with E-state index >= 15 is 0 Å². The molecule has 0 saturated carbocycles. The van der Waals surface area contributed by atoms with Crippen molar-refractivity contribution in [3.05, 3.63) is 10.8 Å². The zero-order chi connectivity index (χ0) is 9.68. The molecule has 0 spiro atoms. The van der Waals surface area contributed by atoms with E-state index in [0.717, 1.165) is 18.5 Å². The fourth-order valence-electron chi connectivity index (χ4n) is 1.06. The largest absolute Gasteiger partial charge is 0.366 e. The van der Waals surface area contributed by atoms with E-state index in [0.29, 0.717) is 5.15 Å². The maximum Gasteiger partial charge on any atom is 0.240 e. The minimum absolute atomic E-state index is 0.191. The lowest BCUT2D eigenvalue weighted by Crippen LogP contribution is -2.02. The molecular weight excluding hydrogens is 188 g/mol. The highest BCUT2D eigenvalue weighted by molar-refractivity contribution is 6.29. The molecular formula is C8H13ClN4. The summed E-state index contributed by atoms with van der Waals surface area (Å²) in [6.45, 7) is 2.15. The third-order valence-electron chi connectivity index (χ3n) is 1.75. The molecule has 0 fully saturated rings. The number of aryl methyl sites for hydroxylation is 1. The van der Waals surface area contributed by atoms with Gasteiger partial charge in [-0.2, -0.15) is 0 Å². The summed E-state index contributed by atoms with van der Waals surface area (Å²) in [5.41, 5.74) is 6.14. The van der Waals surface area contributed by atoms with Gasteiger partial charge in [-0.25, -0.2) is 4.98 Å². The lowest BCUT2D eigenvalue weighted by Gasteiger charge is -2.01. The monoisotopic (exact) mass is 200 g/mol. The predicted octanol–water partition coefficient (Wildman–Crippen LogP) is 1.84. The second kappa shape index (κ2) is 4.97. The topological polar surface area (TPSA) is 64.7 Å². The first-order valence-corrected chi connectivity index (χ1v) is 4.76. The molecule has 0 amide bonds. The fourth-order valence-corrected chi connectivity index (χ4v) is 1.24. The van der Waals surface area contributed by atoms with Crippen LogP contribution in [0.2, 0.25) is 5.15 Å². The van der Waals surface area contributed by atoms with E-state index in [9.17, 15) is 0 Å². The Hall–Kier alpha value is -0.900. The van der Waals surface area contributed by atoms with E-state index in [4.69, 9.17) is 17.3 Å². The lowest BCUT2D eigenvalue weighted by molar-refractivity contribution is 0.702. The number of unbranched alkanes of at least 4 members (excludes halogenated alkanes) is 2. The molecule has 0 saturated heterocycles. The average Bonchev–Trinajstić information content (AvgIpc) is 2.11. The third-order valence-corrected chi connectivity index (χ3v) is 2.04. The van der Waals surface area contributed by atoms with Crippen LogP contribution in [0.5, 0.6) is 0 Å². The quantitative estimate of drug-likeness (QED) is 0.754. The van der Waals surface area contributed by atoms with Crippen molar-refractivity contribution in [3.8, 4) is 0 Å². The zero-order valence-electron chi connectivity index (χ0n) is 7.63. The summed E-state index contributed by atoms with van der Waals surface area (Å²) < 4.78 is 0. The van der Waals surface area contributed by atoms with Gasteiger partial charge in [0.05, 0.1) is 5.69 Å². The van der Waals surface area contributed by atoms with Crippen LogP contribution in [0.4, 0.5) is 5.95 Å². The number of nitrogens with zero attached hydrogens (tertiary/aromatic N) is 3. The number of hydrogen-bond acceptors (Lipinski definition) is 4. The van der Waals surface area contributed by atoms with Gasteiger partial charge >= 0.3 is 0 Å². The van der Waals surface area contributed by atoms with Gasteiger partial charge in [-0.05, 0) is 12.8 Å². The summed E-state index contributed by atoms with van der Waals surface area (Å²) >= 11 is 5.78. The minimum Gasteiger partial charge on any atom is -0.366 e. The van der Waals surface area contributed by atoms with Crippen LogP contribution in [0.3, 0.4) is 0 Å². The molecule has 0 radical (unpaired) electrons. The number of aromatic nitrogens is 3. The second-order valence-electron chi connectivity index (χ2n) is 2.86. The van der Waals surface area contributed by atoms with Crippen LogP contribution in [-0.2, 0) is 6.42 Å². The van der Waals surface area contributed by atoms with Gasteiger partial charge in [0.2, 0.25) is 5.95 Å². The molecule has 0 bridgehead atoms. The summed E-state index contributed by atoms with van der Waals surface area (Å²) in [4.78, 5) is 4.02. The Balaban J connectivity index is 2.59. The van der Waals surface area contributed by atoms with E-state index in [1.54, 1.807) is 0 Å². The Bertz CT molecular complexity index is 277. The zero-order valence-corrected chi connectivity index (χ0v) is 8.38. The Kier molecular flexibility index (Phi) is 3.89. The second-order valence-corrected chi connectivity index (χ2v) is 3.22. The first-order valence-electron chi connectivity index (χ1n) is 4.38. The molecule has 0 aliphatic rings. The third kappa shape index (κ3) is 3.14. The summed E-state index contributed by atoms with van der Waals surface area (Å²) in [6, 6.07) is 0. The van der Waals surface area contributed by atoms with Gasteiger partial charge in [-0.1, -0.05) is 31.4 Å². The van der Waals surface area contributed by atoms with Crippen molar-refractivity contribution in [1.29, 1.82) is 0 Å². The molecule has 4 nitrogen and oxygen atoms in total. The summed E-state index contributed by atoms with van der Waals surface area (Å²) in [5.74, 6) is 0.191. The van der Waals surface area contributed by atoms with Gasteiger partial charge in [-0.3, -0.25) is 0 Å². The van der Waals surface area contributed by atoms with Gasteiger partial charge < -0.3 is 5.73 Å². The molecule has 1 aromatic rings. The normalized spacial score (nSPS) is 10.3. The van der Waals surface area contributed by atoms with Crippen molar-refractivity contribution in [3.63, 3.8) is 0 Å². The van der Waals surface area contributed by atoms with Crippen molar-refractivity contribution < 1.29 is 0 Å². The molecule has 2 N–H and O–H groups in total. The van der Waals surface area contributed by atoms with Crippen LogP contribution in [0.15, 0.2) is 0 Å². The van der Waals surface area contributed by atoms with Crippen LogP contribution in [0.25, 0.3) is 0 Å². The summed E-state index contributed by atoms with van der Waals surface area (Å²) in [7, 11) is 0. The molecule has 0 unspecified atom stereocenters. The number of nitrogens with two attached hydrogens (primary N) is 1. The van der Waals surface area contributed by atoms with E-state index < -0.39 is 0 Å². The Morgan fingerprint density at radius 2 is 2.08 bits per heavy atom. The minimum atomic E-state index is 0.191. The Morgan fingerprint density at radius 3 is 2.77 bits per heavy atom. The highest BCUT2D eigenvalue weighted by Crippen LogP contribution is 2.12. The van der Waals surface area contributed by atoms with Crippen LogP contribution < -0.4 is 5.73 Å². The Labute approximate surface area is 82.5 Å². The van der Waals surface area contributed by atoms with Gasteiger partial charge in [0.25, 0.3) is 0 Å². The van der Waals surface area contributed by atoms with Gasteiger partial charge in [-0.15, -0.1) is 10.2 Å². The van der Waals surface area contributed by atoms with Gasteiger partial charge in [0.1, 0.15) is 0 Å². The first kappa shape index (κ1) is 10.2. The smallest absolute Gasteiger partial charge is 0.240 e. The van der Waals surface area contributed by atoms with Gasteiger partial charge in [0, 0.05) is 0 Å². The van der Waals surface area contributed by atoms with E-state index in [-0.39, 0.29) is 5.95 Å². The molecule has 5 heteroatoms. The van der Waals surface area contributed by atoms with Crippen LogP contribution in [-0.4, -0.2) is 15.2 Å². The number of rotatable bonds is 4. The number of hydrogen-bond donors (Lipinski definition) is 1. The number of halogens is 1. The maximum absolute atomic E-state index is 5.78. The van der Waals surface area contributed by atoms with E-state index in [1.165, 1.54) is 12.8 Å². The van der Waals surface area contributed by atoms with Crippen molar-refractivity contribution in [1.82, 2.24) is 15.2 Å². The summed E-state index contributed by atoms with van der Waals surface area (Å²) in [5, 5.41) is 7.60. The lowest BCUT2D eigenvalue weighted by atomic mass is 10.2. The molecule has 13 heavy (non-hydrogen) atoms. The van der Waals surface area contributed by atoms with Crippen molar-refractivity contribution >= 4 is 17.5 Å². The Morgan fingerprint density at radius 1 is 1.31 bits per heavy atom. The molecule has 0 aliphatic heterocycles. The standard InChI is InChI=1S/C8H13ClN4/c1-2-3-4-5-6-7(9)12-13-8(10)11-6/h2-5H2,1H3,(H2,10,11,13). The first-order chi connectivity index (χ1) is 6.24. The average molecular weight is 201 g/mol. The SMILES string of the molecule is CCCCCc1nc(N)nnc1Cl. The van der Waals surface area contributed by atoms with Crippen molar-refractivity contribution in [2.75, 3.05) is 5.73 Å². The van der Waals surface area contributed by atoms with Crippen molar-refractivity contribution in [2.24, 2.45) is 0 Å². The molecule has 1 heterocycles. The predicted molar refractivity (Wildman–Crippen MR) is 52.5 cm³/mol. The summed E-state index contributed by atoms with van der Waals surface area (Å²) in [6.07, 6.45) is 4.23. The van der Waals surface area contributed by atoms with E-state index in [2.05, 4.69) is 22.1 Å².